The number of aromatic nitrogens is 2. The Balaban J connectivity index is 1.02. The number of benzene rings is 1. The van der Waals surface area contributed by atoms with Crippen LogP contribution in [0.4, 0.5) is 10.3 Å². The second kappa shape index (κ2) is 11.4. The van der Waals surface area contributed by atoms with Gasteiger partial charge in [-0.15, -0.1) is 0 Å². The largest absolute Gasteiger partial charge is 0.493 e. The highest BCUT2D eigenvalue weighted by Gasteiger charge is 2.43. The van der Waals surface area contributed by atoms with Crippen LogP contribution >= 0.6 is 0 Å². The number of halogens is 1. The summed E-state index contributed by atoms with van der Waals surface area (Å²) in [4.78, 5) is 25.9. The summed E-state index contributed by atoms with van der Waals surface area (Å²) >= 11 is 0. The van der Waals surface area contributed by atoms with Crippen molar-refractivity contribution < 1.29 is 13.9 Å². The molecular weight excluding hydrogens is 467 g/mol. The molecule has 5 rings (SSSR count). The first-order valence-electron chi connectivity index (χ1n) is 14.1. The monoisotopic (exact) mass is 508 g/mol. The first kappa shape index (κ1) is 25.9. The summed E-state index contributed by atoms with van der Waals surface area (Å²) in [6.07, 6.45) is 9.72. The number of ether oxygens (including phenoxy) is 1. The molecule has 1 aromatic heterocycles. The van der Waals surface area contributed by atoms with Crippen molar-refractivity contribution in [3.8, 4) is 5.75 Å². The third-order valence-corrected chi connectivity index (χ3v) is 8.52. The van der Waals surface area contributed by atoms with Crippen LogP contribution in [0.25, 0.3) is 0 Å². The lowest BCUT2D eigenvalue weighted by atomic mass is 9.90. The van der Waals surface area contributed by atoms with E-state index in [1.807, 2.05) is 24.2 Å². The molecule has 2 saturated heterocycles. The molecule has 0 spiro atoms. The Morgan fingerprint density at radius 3 is 2.46 bits per heavy atom. The van der Waals surface area contributed by atoms with E-state index in [0.29, 0.717) is 35.7 Å². The first-order chi connectivity index (χ1) is 17.9. The lowest BCUT2D eigenvalue weighted by Crippen LogP contribution is -2.43. The lowest BCUT2D eigenvalue weighted by molar-refractivity contribution is -0.133. The standard InChI is InChI=1S/C30H41FN4O2/c1-20-12-21(2)19-35(18-20)29(36)14-25-4-5-26(15-28(25)31)37-11-8-24-13-27(24)23-6-9-34(10-7-23)30-32-16-22(3)17-33-30/h4-5,15-17,20-21,23-24,27H,6-14,18-19H2,1-3H3/t20?,21?,24-,27-/m1/s1. The van der Waals surface area contributed by atoms with E-state index in [1.165, 1.54) is 25.3 Å². The van der Waals surface area contributed by atoms with Crippen LogP contribution in [0.5, 0.6) is 5.75 Å². The minimum absolute atomic E-state index is 0.0166. The van der Waals surface area contributed by atoms with Crippen LogP contribution in [0, 0.1) is 42.3 Å². The fourth-order valence-corrected chi connectivity index (χ4v) is 6.49. The number of amides is 1. The lowest BCUT2D eigenvalue weighted by Gasteiger charge is -2.35. The summed E-state index contributed by atoms with van der Waals surface area (Å²) < 4.78 is 20.6. The van der Waals surface area contributed by atoms with Crippen LogP contribution < -0.4 is 9.64 Å². The number of hydrogen-bond acceptors (Lipinski definition) is 5. The zero-order valence-corrected chi connectivity index (χ0v) is 22.5. The Hall–Kier alpha value is -2.70. The normalized spacial score (nSPS) is 26.3. The van der Waals surface area contributed by atoms with E-state index < -0.39 is 0 Å². The molecular formula is C30H41FN4O2. The highest BCUT2D eigenvalue weighted by atomic mass is 19.1. The second-order valence-corrected chi connectivity index (χ2v) is 11.9. The quantitative estimate of drug-likeness (QED) is 0.485. The van der Waals surface area contributed by atoms with Crippen LogP contribution in [-0.4, -0.2) is 53.6 Å². The van der Waals surface area contributed by atoms with Crippen LogP contribution in [0.3, 0.4) is 0 Å². The summed E-state index contributed by atoms with van der Waals surface area (Å²) in [5, 5.41) is 0. The highest BCUT2D eigenvalue weighted by Crippen LogP contribution is 2.49. The van der Waals surface area contributed by atoms with Gasteiger partial charge in [-0.25, -0.2) is 14.4 Å². The molecule has 1 amide bonds. The molecule has 0 radical (unpaired) electrons. The van der Waals surface area contributed by atoms with Gasteiger partial charge in [-0.05, 0) is 85.8 Å². The maximum Gasteiger partial charge on any atom is 0.227 e. The SMILES string of the molecule is Cc1cnc(N2CCC([C@H]3C[C@H]3CCOc3ccc(CC(=O)N4CC(C)CC(C)C4)c(F)c3)CC2)nc1. The van der Waals surface area contributed by atoms with Crippen molar-refractivity contribution in [2.75, 3.05) is 37.7 Å². The van der Waals surface area contributed by atoms with Gasteiger partial charge in [0.15, 0.2) is 0 Å². The summed E-state index contributed by atoms with van der Waals surface area (Å²) in [5.41, 5.74) is 1.54. The number of anilines is 1. The van der Waals surface area contributed by atoms with Gasteiger partial charge >= 0.3 is 0 Å². The van der Waals surface area contributed by atoms with Gasteiger partial charge in [0.05, 0.1) is 13.0 Å². The second-order valence-electron chi connectivity index (χ2n) is 11.9. The maximum atomic E-state index is 14.7. The van der Waals surface area contributed by atoms with Crippen LogP contribution in [-0.2, 0) is 11.2 Å². The number of carbonyl (C=O) groups is 1. The van der Waals surface area contributed by atoms with Crippen molar-refractivity contribution in [3.05, 3.63) is 47.5 Å². The molecule has 4 atom stereocenters. The minimum Gasteiger partial charge on any atom is -0.493 e. The van der Waals surface area contributed by atoms with E-state index in [2.05, 4.69) is 28.7 Å². The summed E-state index contributed by atoms with van der Waals surface area (Å²) in [5.74, 6) is 4.34. The van der Waals surface area contributed by atoms with E-state index in [0.717, 1.165) is 62.4 Å². The molecule has 3 fully saturated rings. The van der Waals surface area contributed by atoms with Crippen molar-refractivity contribution in [1.82, 2.24) is 14.9 Å². The van der Waals surface area contributed by atoms with Gasteiger partial charge in [0.25, 0.3) is 0 Å². The Morgan fingerprint density at radius 2 is 1.78 bits per heavy atom. The van der Waals surface area contributed by atoms with Crippen molar-refractivity contribution in [2.45, 2.75) is 59.3 Å². The molecule has 1 aliphatic carbocycles. The molecule has 3 heterocycles. The van der Waals surface area contributed by atoms with Gasteiger partial charge in [-0.1, -0.05) is 19.9 Å². The predicted octanol–water partition coefficient (Wildman–Crippen LogP) is 5.29. The third-order valence-electron chi connectivity index (χ3n) is 8.52. The predicted molar refractivity (Wildman–Crippen MR) is 143 cm³/mol. The Kier molecular flexibility index (Phi) is 7.96. The Bertz CT molecular complexity index is 1060. The third kappa shape index (κ3) is 6.60. The van der Waals surface area contributed by atoms with Crippen molar-refractivity contribution in [3.63, 3.8) is 0 Å². The molecule has 7 heteroatoms. The van der Waals surface area contributed by atoms with Crippen LogP contribution in [0.2, 0.25) is 0 Å². The molecule has 2 aromatic rings. The Labute approximate surface area is 220 Å². The van der Waals surface area contributed by atoms with Gasteiger partial charge in [0.2, 0.25) is 11.9 Å². The molecule has 200 valence electrons. The van der Waals surface area contributed by atoms with Gasteiger partial charge in [0, 0.05) is 44.6 Å². The number of nitrogens with zero attached hydrogens (tertiary/aromatic N) is 4. The maximum absolute atomic E-state index is 14.7. The first-order valence-corrected chi connectivity index (χ1v) is 14.1. The molecule has 3 aliphatic rings. The fourth-order valence-electron chi connectivity index (χ4n) is 6.49. The van der Waals surface area contributed by atoms with Crippen LogP contribution in [0.15, 0.2) is 30.6 Å². The van der Waals surface area contributed by atoms with Gasteiger partial charge in [-0.2, -0.15) is 0 Å². The molecule has 0 N–H and O–H groups in total. The molecule has 2 unspecified atom stereocenters. The van der Waals surface area contributed by atoms with Crippen molar-refractivity contribution in [2.24, 2.45) is 29.6 Å². The van der Waals surface area contributed by atoms with Gasteiger partial charge in [0.1, 0.15) is 11.6 Å². The number of aryl methyl sites for hydroxylation is 1. The average Bonchev–Trinajstić information content (AvgIpc) is 3.65. The Morgan fingerprint density at radius 1 is 1.08 bits per heavy atom. The number of carbonyl (C=O) groups excluding carboxylic acids is 1. The summed E-state index contributed by atoms with van der Waals surface area (Å²) in [7, 11) is 0. The van der Waals surface area contributed by atoms with Crippen LogP contribution in [0.1, 0.15) is 57.1 Å². The zero-order valence-electron chi connectivity index (χ0n) is 22.5. The zero-order chi connectivity index (χ0) is 25.9. The average molecular weight is 509 g/mol. The van der Waals surface area contributed by atoms with E-state index in [1.54, 1.807) is 12.1 Å². The highest BCUT2D eigenvalue weighted by molar-refractivity contribution is 5.79. The van der Waals surface area contributed by atoms with Gasteiger partial charge in [-0.3, -0.25) is 4.79 Å². The van der Waals surface area contributed by atoms with Gasteiger partial charge < -0.3 is 14.5 Å². The smallest absolute Gasteiger partial charge is 0.227 e. The van der Waals surface area contributed by atoms with E-state index in [9.17, 15) is 9.18 Å². The topological polar surface area (TPSA) is 58.6 Å². The number of piperidine rings is 2. The number of rotatable bonds is 8. The molecule has 1 saturated carbocycles. The molecule has 37 heavy (non-hydrogen) atoms. The molecule has 6 nitrogen and oxygen atoms in total. The molecule has 0 bridgehead atoms. The van der Waals surface area contributed by atoms with E-state index >= 15 is 0 Å². The van der Waals surface area contributed by atoms with Crippen molar-refractivity contribution >= 4 is 11.9 Å². The number of hydrogen-bond donors (Lipinski definition) is 0. The number of likely N-dealkylation sites (tertiary alicyclic amines) is 1. The molecule has 2 aliphatic heterocycles. The van der Waals surface area contributed by atoms with E-state index in [4.69, 9.17) is 4.74 Å². The fraction of sp³-hybridized carbons (Fsp3) is 0.633. The minimum atomic E-state index is -0.349. The summed E-state index contributed by atoms with van der Waals surface area (Å²) in [6, 6.07) is 4.96. The summed E-state index contributed by atoms with van der Waals surface area (Å²) in [6.45, 7) is 10.6. The van der Waals surface area contributed by atoms with E-state index in [-0.39, 0.29) is 18.1 Å². The van der Waals surface area contributed by atoms with Crippen molar-refractivity contribution in [1.29, 1.82) is 0 Å². The molecule has 1 aromatic carbocycles.